The van der Waals surface area contributed by atoms with E-state index in [-0.39, 0.29) is 12.4 Å². The number of allylic oxidation sites excluding steroid dienone is 2. The second-order valence-corrected chi connectivity index (χ2v) is 8.06. The zero-order valence-corrected chi connectivity index (χ0v) is 16.5. The van der Waals surface area contributed by atoms with Gasteiger partial charge in [-0.1, -0.05) is 61.9 Å². The SMILES string of the molecule is CC1(C)[C@H](C(=O)OCc2cccc(-c3cccc(F)c3)c2)[C@@H]1C=C(Cl)C(F)(F)F. The quantitative estimate of drug-likeness (QED) is 0.403. The van der Waals surface area contributed by atoms with Gasteiger partial charge in [0.1, 0.15) is 17.5 Å². The van der Waals surface area contributed by atoms with Crippen LogP contribution in [0, 0.1) is 23.1 Å². The van der Waals surface area contributed by atoms with Crippen LogP contribution in [0.25, 0.3) is 11.1 Å². The van der Waals surface area contributed by atoms with Crippen molar-refractivity contribution in [3.8, 4) is 11.1 Å². The van der Waals surface area contributed by atoms with E-state index >= 15 is 0 Å². The lowest BCUT2D eigenvalue weighted by Crippen LogP contribution is -2.11. The summed E-state index contributed by atoms with van der Waals surface area (Å²) in [4.78, 5) is 12.4. The lowest BCUT2D eigenvalue weighted by atomic mass is 10.0. The third kappa shape index (κ3) is 4.81. The number of alkyl halides is 3. The van der Waals surface area contributed by atoms with Crippen LogP contribution in [0.15, 0.2) is 59.6 Å². The molecule has 0 bridgehead atoms. The van der Waals surface area contributed by atoms with Gasteiger partial charge in [0, 0.05) is 0 Å². The molecule has 0 spiro atoms. The van der Waals surface area contributed by atoms with Crippen LogP contribution >= 0.6 is 11.6 Å². The van der Waals surface area contributed by atoms with E-state index in [1.54, 1.807) is 44.2 Å². The number of hydrogen-bond donors (Lipinski definition) is 0. The molecule has 0 N–H and O–H groups in total. The van der Waals surface area contributed by atoms with Gasteiger partial charge in [-0.25, -0.2) is 4.39 Å². The van der Waals surface area contributed by atoms with Crippen LogP contribution in [0.5, 0.6) is 0 Å². The molecule has 0 heterocycles. The maximum Gasteiger partial charge on any atom is 0.426 e. The fraction of sp³-hybridized carbons (Fsp3) is 0.318. The molecule has 2 aromatic carbocycles. The molecule has 3 rings (SSSR count). The maximum atomic E-state index is 13.4. The molecule has 0 saturated heterocycles. The number of benzene rings is 2. The van der Waals surface area contributed by atoms with E-state index in [1.165, 1.54) is 12.1 Å². The van der Waals surface area contributed by atoms with Crippen molar-refractivity contribution >= 4 is 17.6 Å². The van der Waals surface area contributed by atoms with E-state index in [0.717, 1.165) is 11.6 Å². The first-order chi connectivity index (χ1) is 13.5. The van der Waals surface area contributed by atoms with E-state index < -0.39 is 34.4 Å². The number of esters is 1. The Morgan fingerprint density at radius 2 is 1.76 bits per heavy atom. The van der Waals surface area contributed by atoms with Crippen LogP contribution in [0.3, 0.4) is 0 Å². The van der Waals surface area contributed by atoms with Gasteiger partial charge in [0.25, 0.3) is 0 Å². The Morgan fingerprint density at radius 1 is 1.14 bits per heavy atom. The normalized spacial score (nSPS) is 21.0. The summed E-state index contributed by atoms with van der Waals surface area (Å²) < 4.78 is 56.7. The van der Waals surface area contributed by atoms with Crippen LogP contribution in [-0.2, 0) is 16.1 Å². The van der Waals surface area contributed by atoms with Crippen molar-refractivity contribution in [1.82, 2.24) is 0 Å². The van der Waals surface area contributed by atoms with Gasteiger partial charge < -0.3 is 4.74 Å². The van der Waals surface area contributed by atoms with E-state index in [0.29, 0.717) is 11.1 Å². The lowest BCUT2D eigenvalue weighted by molar-refractivity contribution is -0.147. The minimum Gasteiger partial charge on any atom is -0.461 e. The van der Waals surface area contributed by atoms with Crippen molar-refractivity contribution in [2.75, 3.05) is 0 Å². The summed E-state index contributed by atoms with van der Waals surface area (Å²) in [6.07, 6.45) is -3.75. The van der Waals surface area contributed by atoms with Crippen molar-refractivity contribution in [3.63, 3.8) is 0 Å². The Balaban J connectivity index is 1.66. The average molecular weight is 427 g/mol. The number of ether oxygens (including phenoxy) is 1. The van der Waals surface area contributed by atoms with Crippen molar-refractivity contribution in [3.05, 3.63) is 71.0 Å². The van der Waals surface area contributed by atoms with Crippen molar-refractivity contribution in [2.24, 2.45) is 17.3 Å². The molecule has 0 aliphatic heterocycles. The molecule has 2 atom stereocenters. The van der Waals surface area contributed by atoms with Gasteiger partial charge in [0.2, 0.25) is 0 Å². The summed E-state index contributed by atoms with van der Waals surface area (Å²) >= 11 is 5.31. The highest BCUT2D eigenvalue weighted by Crippen LogP contribution is 2.60. The van der Waals surface area contributed by atoms with Gasteiger partial charge in [0.05, 0.1) is 5.92 Å². The summed E-state index contributed by atoms with van der Waals surface area (Å²) in [6.45, 7) is 3.37. The molecule has 0 aromatic heterocycles. The highest BCUT2D eigenvalue weighted by molar-refractivity contribution is 6.30. The van der Waals surface area contributed by atoms with Crippen LogP contribution in [0.2, 0.25) is 0 Å². The molecule has 7 heteroatoms. The average Bonchev–Trinajstić information content (AvgIpc) is 3.19. The van der Waals surface area contributed by atoms with Crippen molar-refractivity contribution in [2.45, 2.75) is 26.6 Å². The molecule has 2 aromatic rings. The number of carbonyl (C=O) groups excluding carboxylic acids is 1. The Kier molecular flexibility index (Phi) is 5.77. The molecule has 1 saturated carbocycles. The third-order valence-corrected chi connectivity index (χ3v) is 5.57. The number of rotatable bonds is 5. The Hall–Kier alpha value is -2.34. The smallest absolute Gasteiger partial charge is 0.426 e. The summed E-state index contributed by atoms with van der Waals surface area (Å²) in [5.41, 5.74) is 1.49. The topological polar surface area (TPSA) is 26.3 Å². The summed E-state index contributed by atoms with van der Waals surface area (Å²) in [7, 11) is 0. The predicted octanol–water partition coefficient (Wildman–Crippen LogP) is 6.49. The fourth-order valence-electron chi connectivity index (χ4n) is 3.44. The third-order valence-electron chi connectivity index (χ3n) is 5.23. The molecule has 154 valence electrons. The predicted molar refractivity (Wildman–Crippen MR) is 102 cm³/mol. The minimum absolute atomic E-state index is 0.0298. The second-order valence-electron chi connectivity index (χ2n) is 7.66. The fourth-order valence-corrected chi connectivity index (χ4v) is 3.58. The number of carbonyl (C=O) groups is 1. The first kappa shape index (κ1) is 21.4. The maximum absolute atomic E-state index is 13.4. The molecular weight excluding hydrogens is 408 g/mol. The van der Waals surface area contributed by atoms with E-state index in [9.17, 15) is 22.4 Å². The van der Waals surface area contributed by atoms with E-state index in [2.05, 4.69) is 0 Å². The molecule has 1 aliphatic rings. The largest absolute Gasteiger partial charge is 0.461 e. The number of halogens is 5. The highest BCUT2D eigenvalue weighted by Gasteiger charge is 2.62. The zero-order valence-electron chi connectivity index (χ0n) is 15.8. The van der Waals surface area contributed by atoms with E-state index in [4.69, 9.17) is 16.3 Å². The van der Waals surface area contributed by atoms with Gasteiger partial charge in [0.15, 0.2) is 0 Å². The monoisotopic (exact) mass is 426 g/mol. The van der Waals surface area contributed by atoms with Crippen LogP contribution < -0.4 is 0 Å². The molecular formula is C22H19ClF4O2. The van der Waals surface area contributed by atoms with Crippen molar-refractivity contribution in [1.29, 1.82) is 0 Å². The molecule has 2 nitrogen and oxygen atoms in total. The second kappa shape index (κ2) is 7.82. The molecule has 0 amide bonds. The molecule has 1 fully saturated rings. The van der Waals surface area contributed by atoms with Crippen LogP contribution in [-0.4, -0.2) is 12.1 Å². The van der Waals surface area contributed by atoms with Gasteiger partial charge in [-0.3, -0.25) is 4.79 Å². The number of hydrogen-bond acceptors (Lipinski definition) is 2. The lowest BCUT2D eigenvalue weighted by Gasteiger charge is -2.08. The zero-order chi connectivity index (χ0) is 21.4. The summed E-state index contributed by atoms with van der Waals surface area (Å²) in [5.74, 6) is -2.25. The Morgan fingerprint density at radius 3 is 2.38 bits per heavy atom. The van der Waals surface area contributed by atoms with Gasteiger partial charge in [-0.05, 0) is 46.2 Å². The summed E-state index contributed by atoms with van der Waals surface area (Å²) in [5, 5.41) is -1.23. The van der Waals surface area contributed by atoms with Crippen molar-refractivity contribution < 1.29 is 27.1 Å². The van der Waals surface area contributed by atoms with Crippen LogP contribution in [0.1, 0.15) is 19.4 Å². The highest BCUT2D eigenvalue weighted by atomic mass is 35.5. The Bertz CT molecular complexity index is 950. The first-order valence-electron chi connectivity index (χ1n) is 8.96. The van der Waals surface area contributed by atoms with Gasteiger partial charge >= 0.3 is 12.1 Å². The summed E-state index contributed by atoms with van der Waals surface area (Å²) in [6, 6.07) is 13.2. The van der Waals surface area contributed by atoms with Gasteiger partial charge in [-0.2, -0.15) is 13.2 Å². The van der Waals surface area contributed by atoms with E-state index in [1.807, 2.05) is 6.07 Å². The van der Waals surface area contributed by atoms with Gasteiger partial charge in [-0.15, -0.1) is 0 Å². The Labute approximate surface area is 171 Å². The molecule has 0 unspecified atom stereocenters. The van der Waals surface area contributed by atoms with Crippen LogP contribution in [0.4, 0.5) is 17.6 Å². The molecule has 1 aliphatic carbocycles. The minimum atomic E-state index is -4.63. The standard InChI is InChI=1S/C22H19ClF4O2/c1-21(2)17(11-18(23)22(25,26)27)19(21)20(28)29-12-13-5-3-6-14(9-13)15-7-4-8-16(24)10-15/h3-11,17,19H,12H2,1-2H3/t17-,19-/m0/s1. The molecule has 29 heavy (non-hydrogen) atoms. The first-order valence-corrected chi connectivity index (χ1v) is 9.34. The molecule has 0 radical (unpaired) electrons.